The van der Waals surface area contributed by atoms with Gasteiger partial charge >= 0.3 is 0 Å². The minimum absolute atomic E-state index is 0.394. The molecule has 0 aromatic rings. The highest BCUT2D eigenvalue weighted by Crippen LogP contribution is 2.48. The van der Waals surface area contributed by atoms with E-state index in [2.05, 4.69) is 13.8 Å². The van der Waals surface area contributed by atoms with Gasteiger partial charge in [-0.05, 0) is 55.8 Å². The number of hydrogen-bond acceptors (Lipinski definition) is 2. The topological polar surface area (TPSA) is 52.0 Å². The van der Waals surface area contributed by atoms with E-state index in [1.807, 2.05) is 0 Å². The Morgan fingerprint density at radius 3 is 2.06 bits per heavy atom. The first-order valence-electron chi connectivity index (χ1n) is 7.49. The Morgan fingerprint density at radius 2 is 1.47 bits per heavy atom. The second-order valence-electron chi connectivity index (χ2n) is 7.18. The van der Waals surface area contributed by atoms with E-state index in [-0.39, 0.29) is 0 Å². The van der Waals surface area contributed by atoms with E-state index in [0.717, 1.165) is 24.7 Å². The van der Waals surface area contributed by atoms with Crippen molar-refractivity contribution in [3.63, 3.8) is 0 Å². The van der Waals surface area contributed by atoms with Crippen molar-refractivity contribution in [2.24, 2.45) is 28.7 Å². The van der Waals surface area contributed by atoms with Crippen LogP contribution in [0.3, 0.4) is 0 Å². The zero-order valence-corrected chi connectivity index (χ0v) is 11.7. The first-order valence-corrected chi connectivity index (χ1v) is 7.49. The number of nitrogens with two attached hydrogens (primary N) is 2. The average molecular weight is 238 g/mol. The summed E-state index contributed by atoms with van der Waals surface area (Å²) in [7, 11) is 0. The molecule has 2 rings (SSSR count). The summed E-state index contributed by atoms with van der Waals surface area (Å²) in [5.74, 6) is 1.63. The van der Waals surface area contributed by atoms with Gasteiger partial charge < -0.3 is 11.5 Å². The zero-order chi connectivity index (χ0) is 12.5. The Balaban J connectivity index is 2.03. The Kier molecular flexibility index (Phi) is 3.84. The third-order valence-corrected chi connectivity index (χ3v) is 5.53. The largest absolute Gasteiger partial charge is 0.313 e. The lowest BCUT2D eigenvalue weighted by molar-refractivity contribution is 0.0368. The van der Waals surface area contributed by atoms with Gasteiger partial charge in [-0.1, -0.05) is 33.1 Å². The molecule has 1 unspecified atom stereocenters. The zero-order valence-electron chi connectivity index (χ0n) is 11.7. The van der Waals surface area contributed by atoms with Crippen molar-refractivity contribution in [3.05, 3.63) is 0 Å². The summed E-state index contributed by atoms with van der Waals surface area (Å²) in [5.41, 5.74) is 12.4. The van der Waals surface area contributed by atoms with Gasteiger partial charge in [0.25, 0.3) is 0 Å². The first kappa shape index (κ1) is 13.4. The molecule has 0 radical (unpaired) electrons. The van der Waals surface area contributed by atoms with Crippen LogP contribution in [0.5, 0.6) is 0 Å². The third-order valence-electron chi connectivity index (χ3n) is 5.53. The molecule has 0 heterocycles. The van der Waals surface area contributed by atoms with Crippen molar-refractivity contribution < 1.29 is 0 Å². The van der Waals surface area contributed by atoms with Gasteiger partial charge in [-0.3, -0.25) is 0 Å². The molecule has 0 aromatic carbocycles. The fourth-order valence-electron chi connectivity index (χ4n) is 4.16. The van der Waals surface area contributed by atoms with Crippen LogP contribution in [0.2, 0.25) is 0 Å². The van der Waals surface area contributed by atoms with Crippen LogP contribution in [0.15, 0.2) is 0 Å². The van der Waals surface area contributed by atoms with E-state index in [4.69, 9.17) is 11.5 Å². The van der Waals surface area contributed by atoms with Gasteiger partial charge in [-0.15, -0.1) is 0 Å². The van der Waals surface area contributed by atoms with Crippen molar-refractivity contribution in [2.45, 2.75) is 77.3 Å². The fourth-order valence-corrected chi connectivity index (χ4v) is 4.16. The molecule has 0 amide bonds. The maximum Gasteiger partial charge on any atom is 0.0639 e. The van der Waals surface area contributed by atoms with E-state index in [9.17, 15) is 0 Å². The van der Waals surface area contributed by atoms with Crippen LogP contribution in [0, 0.1) is 17.3 Å². The average Bonchev–Trinajstić information content (AvgIpc) is 2.29. The van der Waals surface area contributed by atoms with Crippen LogP contribution >= 0.6 is 0 Å². The van der Waals surface area contributed by atoms with Crippen LogP contribution in [0.4, 0.5) is 0 Å². The molecule has 2 aliphatic rings. The molecule has 4 N–H and O–H groups in total. The van der Waals surface area contributed by atoms with Gasteiger partial charge in [0.1, 0.15) is 0 Å². The normalized spacial score (nSPS) is 31.4. The standard InChI is InChI=1S/C15H30N2/c1-14(2,12-7-4-3-5-8-12)13-9-6-10-15(16,17)11-13/h12-13H,3-11,16-17H2,1-2H3. The Bertz CT molecular complexity index is 252. The van der Waals surface area contributed by atoms with Crippen molar-refractivity contribution in [1.82, 2.24) is 0 Å². The molecular weight excluding hydrogens is 208 g/mol. The van der Waals surface area contributed by atoms with Gasteiger partial charge in [0, 0.05) is 0 Å². The summed E-state index contributed by atoms with van der Waals surface area (Å²) in [6, 6.07) is 0. The van der Waals surface area contributed by atoms with Gasteiger partial charge in [0.15, 0.2) is 0 Å². The summed E-state index contributed by atoms with van der Waals surface area (Å²) in [6.45, 7) is 4.93. The van der Waals surface area contributed by atoms with Crippen LogP contribution in [0.25, 0.3) is 0 Å². The lowest BCUT2D eigenvalue weighted by Crippen LogP contribution is -2.55. The third kappa shape index (κ3) is 3.03. The fraction of sp³-hybridized carbons (Fsp3) is 1.00. The highest BCUT2D eigenvalue weighted by atomic mass is 15.0. The molecule has 0 spiro atoms. The van der Waals surface area contributed by atoms with Crippen LogP contribution in [-0.4, -0.2) is 5.66 Å². The SMILES string of the molecule is CC(C)(C1CCCCC1)C1CCCC(N)(N)C1. The summed E-state index contributed by atoms with van der Waals surface area (Å²) < 4.78 is 0. The molecule has 2 aliphatic carbocycles. The monoisotopic (exact) mass is 238 g/mol. The molecule has 0 aromatic heterocycles. The van der Waals surface area contributed by atoms with E-state index in [1.54, 1.807) is 0 Å². The molecule has 0 aliphatic heterocycles. The minimum atomic E-state index is -0.394. The molecule has 2 heteroatoms. The summed E-state index contributed by atoms with van der Waals surface area (Å²) >= 11 is 0. The molecule has 0 saturated heterocycles. The highest BCUT2D eigenvalue weighted by molar-refractivity contribution is 4.94. The molecular formula is C15H30N2. The van der Waals surface area contributed by atoms with Gasteiger partial charge in [0.05, 0.1) is 5.66 Å². The molecule has 17 heavy (non-hydrogen) atoms. The van der Waals surface area contributed by atoms with E-state index in [1.165, 1.54) is 44.9 Å². The minimum Gasteiger partial charge on any atom is -0.313 e. The van der Waals surface area contributed by atoms with Crippen LogP contribution < -0.4 is 11.5 Å². The van der Waals surface area contributed by atoms with Crippen molar-refractivity contribution in [1.29, 1.82) is 0 Å². The quantitative estimate of drug-likeness (QED) is 0.724. The Labute approximate surface area is 107 Å². The molecule has 2 nitrogen and oxygen atoms in total. The molecule has 2 saturated carbocycles. The second kappa shape index (κ2) is 4.89. The molecule has 2 fully saturated rings. The van der Waals surface area contributed by atoms with E-state index >= 15 is 0 Å². The maximum absolute atomic E-state index is 6.17. The number of hydrogen-bond donors (Lipinski definition) is 2. The highest BCUT2D eigenvalue weighted by Gasteiger charge is 2.42. The summed E-state index contributed by atoms with van der Waals surface area (Å²) in [5, 5.41) is 0. The van der Waals surface area contributed by atoms with Crippen molar-refractivity contribution in [2.75, 3.05) is 0 Å². The van der Waals surface area contributed by atoms with Crippen molar-refractivity contribution >= 4 is 0 Å². The molecule has 100 valence electrons. The lowest BCUT2D eigenvalue weighted by atomic mass is 9.59. The summed E-state index contributed by atoms with van der Waals surface area (Å²) in [6.07, 6.45) is 11.7. The van der Waals surface area contributed by atoms with Gasteiger partial charge in [-0.2, -0.15) is 0 Å². The Hall–Kier alpha value is -0.0800. The molecule has 0 bridgehead atoms. The smallest absolute Gasteiger partial charge is 0.0639 e. The predicted octanol–water partition coefficient (Wildman–Crippen LogP) is 3.40. The number of rotatable bonds is 2. The van der Waals surface area contributed by atoms with E-state index < -0.39 is 5.66 Å². The predicted molar refractivity (Wildman–Crippen MR) is 73.4 cm³/mol. The van der Waals surface area contributed by atoms with Gasteiger partial charge in [-0.25, -0.2) is 0 Å². The maximum atomic E-state index is 6.17. The van der Waals surface area contributed by atoms with Gasteiger partial charge in [0.2, 0.25) is 0 Å². The molecule has 1 atom stereocenters. The Morgan fingerprint density at radius 1 is 0.882 bits per heavy atom. The van der Waals surface area contributed by atoms with Crippen LogP contribution in [-0.2, 0) is 0 Å². The van der Waals surface area contributed by atoms with Crippen LogP contribution in [0.1, 0.15) is 71.6 Å². The van der Waals surface area contributed by atoms with Crippen molar-refractivity contribution in [3.8, 4) is 0 Å². The van der Waals surface area contributed by atoms with E-state index in [0.29, 0.717) is 5.41 Å². The first-order chi connectivity index (χ1) is 7.92. The lowest BCUT2D eigenvalue weighted by Gasteiger charge is -2.48. The second-order valence-corrected chi connectivity index (χ2v) is 7.18. The summed E-state index contributed by atoms with van der Waals surface area (Å²) in [4.78, 5) is 0.